The van der Waals surface area contributed by atoms with Crippen LogP contribution in [0.5, 0.6) is 0 Å². The summed E-state index contributed by atoms with van der Waals surface area (Å²) in [6.07, 6.45) is 4.03. The summed E-state index contributed by atoms with van der Waals surface area (Å²) in [4.78, 5) is 41.0. The van der Waals surface area contributed by atoms with Crippen molar-refractivity contribution >= 4 is 52.5 Å². The van der Waals surface area contributed by atoms with E-state index in [2.05, 4.69) is 0 Å². The van der Waals surface area contributed by atoms with Gasteiger partial charge in [-0.2, -0.15) is 0 Å². The van der Waals surface area contributed by atoms with Crippen LogP contribution in [-0.4, -0.2) is 22.8 Å². The molecule has 0 aliphatic carbocycles. The first kappa shape index (κ1) is 23.2. The number of Topliss-reactive ketones (excluding diaryl/α,β-unsaturated/α-hetero) is 1. The van der Waals surface area contributed by atoms with Gasteiger partial charge in [0.05, 0.1) is 4.53 Å². The number of anilines is 1. The third kappa shape index (κ3) is 5.02. The third-order valence-corrected chi connectivity index (χ3v) is 6.89. The van der Waals surface area contributed by atoms with Crippen molar-refractivity contribution in [1.82, 2.24) is 4.57 Å². The second kappa shape index (κ2) is 9.12. The first-order chi connectivity index (χ1) is 15.6. The number of fused-ring (bicyclic) bond motifs is 1. The summed E-state index contributed by atoms with van der Waals surface area (Å²) in [5, 5.41) is 0.608. The van der Waals surface area contributed by atoms with E-state index in [0.29, 0.717) is 20.8 Å². The lowest BCUT2D eigenvalue weighted by Gasteiger charge is -2.17. The van der Waals surface area contributed by atoms with E-state index in [0.717, 1.165) is 23.2 Å². The molecule has 0 saturated heterocycles. The van der Waals surface area contributed by atoms with Crippen LogP contribution in [-0.2, 0) is 22.6 Å². The fourth-order valence-electron chi connectivity index (χ4n) is 3.65. The Bertz CT molecular complexity index is 1400. The number of amides is 1. The number of carbonyl (C=O) groups is 2. The van der Waals surface area contributed by atoms with Crippen LogP contribution in [0.4, 0.5) is 5.69 Å². The highest BCUT2D eigenvalue weighted by molar-refractivity contribution is 7.07. The highest BCUT2D eigenvalue weighted by atomic mass is 35.5. The van der Waals surface area contributed by atoms with Gasteiger partial charge in [0.25, 0.3) is 5.56 Å². The van der Waals surface area contributed by atoms with Gasteiger partial charge in [-0.25, -0.2) is 0 Å². The molecule has 170 valence electrons. The SMILES string of the molecule is CC(C)(C)C(=O)C=c1sc(=Cc2ccc(Cl)cc2)c(=O)n1CC(=O)N1CCc2ccccc21. The molecule has 1 amide bonds. The third-order valence-electron chi connectivity index (χ3n) is 5.58. The summed E-state index contributed by atoms with van der Waals surface area (Å²) >= 11 is 7.18. The molecule has 0 radical (unpaired) electrons. The molecule has 0 fully saturated rings. The van der Waals surface area contributed by atoms with Gasteiger partial charge in [-0.05, 0) is 41.8 Å². The van der Waals surface area contributed by atoms with Gasteiger partial charge in [-0.3, -0.25) is 19.0 Å². The summed E-state index contributed by atoms with van der Waals surface area (Å²) in [6.45, 7) is 5.95. The molecular formula is C26H25ClN2O3S. The number of rotatable bonds is 4. The molecule has 2 aromatic carbocycles. The molecule has 0 saturated carbocycles. The molecule has 7 heteroatoms. The highest BCUT2D eigenvalue weighted by Crippen LogP contribution is 2.27. The number of ketones is 1. The molecule has 33 heavy (non-hydrogen) atoms. The molecule has 0 atom stereocenters. The summed E-state index contributed by atoms with van der Waals surface area (Å²) < 4.78 is 2.35. The van der Waals surface area contributed by atoms with Crippen molar-refractivity contribution in [3.63, 3.8) is 0 Å². The number of hydrogen-bond acceptors (Lipinski definition) is 4. The van der Waals surface area contributed by atoms with Crippen molar-refractivity contribution in [1.29, 1.82) is 0 Å². The minimum Gasteiger partial charge on any atom is -0.310 e. The first-order valence-corrected chi connectivity index (χ1v) is 11.9. The zero-order chi connectivity index (χ0) is 23.8. The van der Waals surface area contributed by atoms with Crippen LogP contribution in [0.1, 0.15) is 31.9 Å². The van der Waals surface area contributed by atoms with Crippen molar-refractivity contribution in [2.24, 2.45) is 5.41 Å². The lowest BCUT2D eigenvalue weighted by atomic mass is 9.91. The van der Waals surface area contributed by atoms with Gasteiger partial charge in [-0.1, -0.05) is 62.7 Å². The fraction of sp³-hybridized carbons (Fsp3) is 0.269. The molecule has 0 N–H and O–H groups in total. The van der Waals surface area contributed by atoms with Crippen LogP contribution in [0.25, 0.3) is 12.2 Å². The van der Waals surface area contributed by atoms with Crippen molar-refractivity contribution in [3.8, 4) is 0 Å². The topological polar surface area (TPSA) is 59.4 Å². The van der Waals surface area contributed by atoms with Crippen LogP contribution >= 0.6 is 22.9 Å². The van der Waals surface area contributed by atoms with E-state index in [1.165, 1.54) is 22.0 Å². The lowest BCUT2D eigenvalue weighted by molar-refractivity contribution is -0.120. The molecule has 4 rings (SSSR count). The van der Waals surface area contributed by atoms with Gasteiger partial charge in [0.15, 0.2) is 5.78 Å². The van der Waals surface area contributed by atoms with Crippen LogP contribution in [0.3, 0.4) is 0 Å². The Morgan fingerprint density at radius 1 is 1.09 bits per heavy atom. The molecule has 0 bridgehead atoms. The van der Waals surface area contributed by atoms with E-state index in [1.54, 1.807) is 23.1 Å². The maximum absolute atomic E-state index is 13.3. The molecule has 0 spiro atoms. The average Bonchev–Trinajstić information content (AvgIpc) is 3.32. The van der Waals surface area contributed by atoms with Crippen molar-refractivity contribution in [2.75, 3.05) is 11.4 Å². The van der Waals surface area contributed by atoms with Crippen LogP contribution in [0.15, 0.2) is 53.3 Å². The van der Waals surface area contributed by atoms with E-state index >= 15 is 0 Å². The molecule has 5 nitrogen and oxygen atoms in total. The van der Waals surface area contributed by atoms with Crippen molar-refractivity contribution in [2.45, 2.75) is 33.7 Å². The predicted molar refractivity (Wildman–Crippen MR) is 134 cm³/mol. The number of aromatic nitrogens is 1. The van der Waals surface area contributed by atoms with E-state index in [-0.39, 0.29) is 23.8 Å². The van der Waals surface area contributed by atoms with Crippen molar-refractivity contribution in [3.05, 3.63) is 84.2 Å². The smallest absolute Gasteiger partial charge is 0.269 e. The zero-order valence-corrected chi connectivity index (χ0v) is 20.4. The number of benzene rings is 2. The standard InChI is InChI=1S/C26H25ClN2O3S/c1-26(2,3)22(30)15-24-29(16-23(31)28-13-12-18-6-4-5-7-20(18)28)25(32)21(33-24)14-17-8-10-19(27)11-9-17/h4-11,14-15H,12-13,16H2,1-3H3. The van der Waals surface area contributed by atoms with E-state index in [4.69, 9.17) is 11.6 Å². The number of halogens is 1. The maximum atomic E-state index is 13.3. The monoisotopic (exact) mass is 480 g/mol. The number of nitrogens with zero attached hydrogens (tertiary/aromatic N) is 2. The van der Waals surface area contributed by atoms with E-state index in [1.807, 2.05) is 57.2 Å². The van der Waals surface area contributed by atoms with Gasteiger partial charge in [0, 0.05) is 28.7 Å². The maximum Gasteiger partial charge on any atom is 0.269 e. The van der Waals surface area contributed by atoms with E-state index < -0.39 is 5.41 Å². The molecule has 1 aliphatic heterocycles. The summed E-state index contributed by atoms with van der Waals surface area (Å²) in [6, 6.07) is 15.0. The van der Waals surface area contributed by atoms with Crippen LogP contribution in [0, 0.1) is 5.41 Å². The Hall–Kier alpha value is -2.96. The number of hydrogen-bond donors (Lipinski definition) is 0. The van der Waals surface area contributed by atoms with Crippen LogP contribution < -0.4 is 19.7 Å². The fourth-order valence-corrected chi connectivity index (χ4v) is 4.82. The van der Waals surface area contributed by atoms with Crippen LogP contribution in [0.2, 0.25) is 5.02 Å². The van der Waals surface area contributed by atoms with E-state index in [9.17, 15) is 14.4 Å². The summed E-state index contributed by atoms with van der Waals surface area (Å²) in [5.41, 5.74) is 1.94. The lowest BCUT2D eigenvalue weighted by Crippen LogP contribution is -2.40. The van der Waals surface area contributed by atoms with Gasteiger partial charge >= 0.3 is 0 Å². The molecule has 2 heterocycles. The molecule has 1 aromatic heterocycles. The van der Waals surface area contributed by atoms with Gasteiger partial charge in [0.1, 0.15) is 11.2 Å². The normalized spacial score (nSPS) is 14.6. The molecular weight excluding hydrogens is 456 g/mol. The predicted octanol–water partition coefficient (Wildman–Crippen LogP) is 3.38. The largest absolute Gasteiger partial charge is 0.310 e. The minimum atomic E-state index is -0.594. The first-order valence-electron chi connectivity index (χ1n) is 10.7. The second-order valence-electron chi connectivity index (χ2n) is 9.07. The second-order valence-corrected chi connectivity index (χ2v) is 10.6. The molecule has 0 unspecified atom stereocenters. The van der Waals surface area contributed by atoms with Gasteiger partial charge < -0.3 is 4.90 Å². The minimum absolute atomic E-state index is 0.102. The molecule has 1 aliphatic rings. The number of carbonyl (C=O) groups excluding carboxylic acids is 2. The number of para-hydroxylation sites is 1. The Morgan fingerprint density at radius 2 is 1.79 bits per heavy atom. The molecule has 3 aromatic rings. The quantitative estimate of drug-likeness (QED) is 0.575. The summed E-state index contributed by atoms with van der Waals surface area (Å²) in [7, 11) is 0. The Morgan fingerprint density at radius 3 is 2.48 bits per heavy atom. The van der Waals surface area contributed by atoms with Gasteiger partial charge in [-0.15, -0.1) is 11.3 Å². The van der Waals surface area contributed by atoms with Gasteiger partial charge in [0.2, 0.25) is 5.91 Å². The van der Waals surface area contributed by atoms with Crippen molar-refractivity contribution < 1.29 is 9.59 Å². The average molecular weight is 481 g/mol. The Balaban J connectivity index is 1.77. The Labute approximate surface area is 201 Å². The number of thiazole rings is 1. The zero-order valence-electron chi connectivity index (χ0n) is 18.8. The summed E-state index contributed by atoms with van der Waals surface area (Å²) in [5.74, 6) is -0.273. The highest BCUT2D eigenvalue weighted by Gasteiger charge is 2.25. The Kier molecular flexibility index (Phi) is 6.41.